The molecule has 1 aromatic carbocycles. The van der Waals surface area contributed by atoms with E-state index in [9.17, 15) is 13.5 Å². The van der Waals surface area contributed by atoms with Crippen LogP contribution < -0.4 is 4.90 Å². The molecule has 1 aromatic rings. The van der Waals surface area contributed by atoms with Gasteiger partial charge in [-0.15, -0.1) is 0 Å². The van der Waals surface area contributed by atoms with Crippen LogP contribution in [0.2, 0.25) is 0 Å². The first-order valence-electron chi connectivity index (χ1n) is 7.33. The van der Waals surface area contributed by atoms with E-state index >= 15 is 0 Å². The van der Waals surface area contributed by atoms with E-state index in [0.29, 0.717) is 5.92 Å². The third kappa shape index (κ3) is 2.90. The maximum atomic E-state index is 11.6. The highest BCUT2D eigenvalue weighted by molar-refractivity contribution is 7.91. The Balaban J connectivity index is 1.62. The lowest BCUT2D eigenvalue weighted by Crippen LogP contribution is -3.18. The molecule has 2 saturated heterocycles. The Kier molecular flexibility index (Phi) is 3.84. The van der Waals surface area contributed by atoms with Crippen LogP contribution in [0.1, 0.15) is 24.3 Å². The van der Waals surface area contributed by atoms with Crippen LogP contribution in [-0.4, -0.2) is 50.3 Å². The van der Waals surface area contributed by atoms with E-state index < -0.39 is 15.9 Å². The van der Waals surface area contributed by atoms with Crippen molar-refractivity contribution >= 4 is 9.84 Å². The van der Waals surface area contributed by atoms with Gasteiger partial charge in [0.15, 0.2) is 9.84 Å². The highest BCUT2D eigenvalue weighted by Crippen LogP contribution is 2.24. The highest BCUT2D eigenvalue weighted by Gasteiger charge is 2.44. The number of benzene rings is 1. The molecular weight excluding hydrogens is 274 g/mol. The molecule has 2 fully saturated rings. The quantitative estimate of drug-likeness (QED) is 0.781. The molecule has 3 rings (SSSR count). The maximum absolute atomic E-state index is 11.6. The zero-order chi connectivity index (χ0) is 14.2. The lowest BCUT2D eigenvalue weighted by atomic mass is 9.89. The molecule has 0 bridgehead atoms. The fourth-order valence-electron chi connectivity index (χ4n) is 3.64. The number of sulfone groups is 1. The molecule has 0 radical (unpaired) electrons. The predicted molar refractivity (Wildman–Crippen MR) is 77.6 cm³/mol. The van der Waals surface area contributed by atoms with Crippen LogP contribution in [0.15, 0.2) is 30.3 Å². The van der Waals surface area contributed by atoms with Gasteiger partial charge in [-0.3, -0.25) is 0 Å². The third-order valence-electron chi connectivity index (χ3n) is 4.75. The van der Waals surface area contributed by atoms with Crippen molar-refractivity contribution in [1.29, 1.82) is 0 Å². The number of aliphatic hydroxyl groups excluding tert-OH is 1. The van der Waals surface area contributed by atoms with Crippen molar-refractivity contribution in [3.63, 3.8) is 0 Å². The SMILES string of the molecule is O=S1(=O)C[C@@H]([NH+]2CCC(c3ccccc3)CC2)[C@@H](O)C1. The largest absolute Gasteiger partial charge is 0.386 e. The van der Waals surface area contributed by atoms with Crippen LogP contribution in [0.25, 0.3) is 0 Å². The van der Waals surface area contributed by atoms with Crippen molar-refractivity contribution in [2.45, 2.75) is 30.9 Å². The van der Waals surface area contributed by atoms with Crippen molar-refractivity contribution in [3.05, 3.63) is 35.9 Å². The van der Waals surface area contributed by atoms with Gasteiger partial charge in [-0.1, -0.05) is 30.3 Å². The highest BCUT2D eigenvalue weighted by atomic mass is 32.2. The molecule has 2 atom stereocenters. The number of likely N-dealkylation sites (tertiary alicyclic amines) is 1. The van der Waals surface area contributed by atoms with Gasteiger partial charge in [0.25, 0.3) is 0 Å². The zero-order valence-electron chi connectivity index (χ0n) is 11.5. The van der Waals surface area contributed by atoms with Gasteiger partial charge in [0.1, 0.15) is 17.9 Å². The molecule has 5 heteroatoms. The second kappa shape index (κ2) is 5.47. The molecule has 2 heterocycles. The van der Waals surface area contributed by atoms with E-state index in [2.05, 4.69) is 24.3 Å². The van der Waals surface area contributed by atoms with E-state index in [1.807, 2.05) is 6.07 Å². The van der Waals surface area contributed by atoms with Gasteiger partial charge < -0.3 is 10.0 Å². The monoisotopic (exact) mass is 296 g/mol. The lowest BCUT2D eigenvalue weighted by Gasteiger charge is -2.34. The van der Waals surface area contributed by atoms with Crippen LogP contribution in [0.4, 0.5) is 0 Å². The Hall–Kier alpha value is -0.910. The lowest BCUT2D eigenvalue weighted by molar-refractivity contribution is -0.930. The number of aliphatic hydroxyl groups is 1. The summed E-state index contributed by atoms with van der Waals surface area (Å²) in [6.07, 6.45) is 1.47. The fraction of sp³-hybridized carbons (Fsp3) is 0.600. The Morgan fingerprint density at radius 1 is 1.05 bits per heavy atom. The first-order valence-corrected chi connectivity index (χ1v) is 9.15. The van der Waals surface area contributed by atoms with Gasteiger partial charge in [0.05, 0.1) is 18.8 Å². The average molecular weight is 296 g/mol. The Morgan fingerprint density at radius 3 is 2.25 bits per heavy atom. The molecular formula is C15H22NO3S+. The van der Waals surface area contributed by atoms with Crippen molar-refractivity contribution in [2.75, 3.05) is 24.6 Å². The maximum Gasteiger partial charge on any atom is 0.159 e. The third-order valence-corrected chi connectivity index (χ3v) is 6.46. The molecule has 0 aliphatic carbocycles. The van der Waals surface area contributed by atoms with Crippen molar-refractivity contribution < 1.29 is 18.4 Å². The number of hydrogen-bond acceptors (Lipinski definition) is 3. The second-order valence-corrected chi connectivity index (χ2v) is 8.25. The number of rotatable bonds is 2. The minimum absolute atomic E-state index is 0.0523. The van der Waals surface area contributed by atoms with E-state index in [4.69, 9.17) is 0 Å². The predicted octanol–water partition coefficient (Wildman–Crippen LogP) is -0.393. The summed E-state index contributed by atoms with van der Waals surface area (Å²) in [5.41, 5.74) is 1.38. The zero-order valence-corrected chi connectivity index (χ0v) is 12.3. The number of nitrogens with one attached hydrogen (secondary N) is 1. The molecule has 4 nitrogen and oxygen atoms in total. The number of quaternary nitrogens is 1. The van der Waals surface area contributed by atoms with Crippen molar-refractivity contribution in [3.8, 4) is 0 Å². The molecule has 0 amide bonds. The van der Waals surface area contributed by atoms with Gasteiger partial charge >= 0.3 is 0 Å². The fourth-order valence-corrected chi connectivity index (χ4v) is 5.53. The standard InChI is InChI=1S/C15H21NO3S/c17-15-11-20(18,19)10-14(15)16-8-6-13(7-9-16)12-4-2-1-3-5-12/h1-5,13-15,17H,6-11H2/p+1/t14-,15+/m1/s1. The first-order chi connectivity index (χ1) is 9.55. The molecule has 2 N–H and O–H groups in total. The summed E-state index contributed by atoms with van der Waals surface area (Å²) in [5.74, 6) is 0.679. The van der Waals surface area contributed by atoms with Crippen molar-refractivity contribution in [2.24, 2.45) is 0 Å². The second-order valence-electron chi connectivity index (χ2n) is 6.09. The van der Waals surface area contributed by atoms with Gasteiger partial charge in [-0.05, 0) is 11.5 Å². The van der Waals surface area contributed by atoms with E-state index in [-0.39, 0.29) is 17.5 Å². The summed E-state index contributed by atoms with van der Waals surface area (Å²) in [5, 5.41) is 9.96. The summed E-state index contributed by atoms with van der Waals surface area (Å²) >= 11 is 0. The Morgan fingerprint density at radius 2 is 1.70 bits per heavy atom. The van der Waals surface area contributed by atoms with Crippen LogP contribution in [0.3, 0.4) is 0 Å². The van der Waals surface area contributed by atoms with Crippen molar-refractivity contribution in [1.82, 2.24) is 0 Å². The molecule has 0 unspecified atom stereocenters. The Labute approximate surface area is 120 Å². The molecule has 110 valence electrons. The van der Waals surface area contributed by atoms with Gasteiger partial charge in [0, 0.05) is 12.8 Å². The van der Waals surface area contributed by atoms with E-state index in [1.165, 1.54) is 10.5 Å². The number of hydrogen-bond donors (Lipinski definition) is 2. The topological polar surface area (TPSA) is 58.8 Å². The average Bonchev–Trinajstić information content (AvgIpc) is 2.73. The van der Waals surface area contributed by atoms with Crippen LogP contribution in [0, 0.1) is 0 Å². The molecule has 0 saturated carbocycles. The van der Waals surface area contributed by atoms with Crippen LogP contribution >= 0.6 is 0 Å². The molecule has 2 aliphatic rings. The first kappa shape index (κ1) is 14.0. The molecule has 20 heavy (non-hydrogen) atoms. The summed E-state index contributed by atoms with van der Waals surface area (Å²) in [6.45, 7) is 1.91. The molecule has 0 spiro atoms. The van der Waals surface area contributed by atoms with Gasteiger partial charge in [0.2, 0.25) is 0 Å². The number of piperidine rings is 1. The minimum Gasteiger partial charge on any atom is -0.386 e. The van der Waals surface area contributed by atoms with E-state index in [1.54, 1.807) is 0 Å². The summed E-state index contributed by atoms with van der Waals surface area (Å²) in [4.78, 5) is 1.27. The van der Waals surface area contributed by atoms with Crippen LogP contribution in [0.5, 0.6) is 0 Å². The Bertz CT molecular complexity index is 550. The minimum atomic E-state index is -3.03. The smallest absolute Gasteiger partial charge is 0.159 e. The summed E-state index contributed by atoms with van der Waals surface area (Å²) in [6, 6.07) is 10.4. The van der Waals surface area contributed by atoms with Gasteiger partial charge in [-0.2, -0.15) is 0 Å². The molecule has 0 aromatic heterocycles. The summed E-state index contributed by atoms with van der Waals surface area (Å²) < 4.78 is 23.2. The normalized spacial score (nSPS) is 36.9. The molecule has 2 aliphatic heterocycles. The van der Waals surface area contributed by atoms with E-state index in [0.717, 1.165) is 25.9 Å². The van der Waals surface area contributed by atoms with Crippen LogP contribution in [-0.2, 0) is 9.84 Å². The van der Waals surface area contributed by atoms with Gasteiger partial charge in [-0.25, -0.2) is 8.42 Å². The summed E-state index contributed by atoms with van der Waals surface area (Å²) in [7, 11) is -3.03.